The largest absolute Gasteiger partial charge is 0.478 e. The van der Waals surface area contributed by atoms with Crippen molar-refractivity contribution in [1.29, 1.82) is 0 Å². The summed E-state index contributed by atoms with van der Waals surface area (Å²) in [6.45, 7) is 3.26. The van der Waals surface area contributed by atoms with Gasteiger partial charge in [-0.25, -0.2) is 9.59 Å². The quantitative estimate of drug-likeness (QED) is 0.638. The van der Waals surface area contributed by atoms with Gasteiger partial charge >= 0.3 is 12.0 Å². The highest BCUT2D eigenvalue weighted by atomic mass is 35.5. The molecule has 2 amide bonds. The highest BCUT2D eigenvalue weighted by Gasteiger charge is 2.43. The number of carbonyl (C=O) groups excluding carboxylic acids is 1. The number of hydrogen-bond acceptors (Lipinski definition) is 3. The maximum absolute atomic E-state index is 13.3. The van der Waals surface area contributed by atoms with Crippen molar-refractivity contribution in [2.24, 2.45) is 5.73 Å². The Hall–Kier alpha value is -2.28. The van der Waals surface area contributed by atoms with Crippen molar-refractivity contribution in [2.45, 2.75) is 50.1 Å². The van der Waals surface area contributed by atoms with E-state index in [9.17, 15) is 9.59 Å². The Morgan fingerprint density at radius 1 is 1.19 bits per heavy atom. The molecule has 0 radical (unpaired) electrons. The number of carboxylic acids is 1. The maximum Gasteiger partial charge on any atom is 0.335 e. The summed E-state index contributed by atoms with van der Waals surface area (Å²) in [5.74, 6) is -0.973. The molecule has 8 heteroatoms. The molecule has 0 aromatic heterocycles. The predicted octanol–water partition coefficient (Wildman–Crippen LogP) is 4.93. The molecular formula is C24H29Cl2N3O3. The van der Waals surface area contributed by atoms with Gasteiger partial charge in [-0.05, 0) is 74.6 Å². The minimum absolute atomic E-state index is 0. The standard InChI is InChI=1S/C24H28ClN3O3.ClH/c1-16-14-27(23(31)28(16)21-7-5-17(6-8-21)22(29)30)20-9-11-24(15-26,12-10-20)18-3-2-4-19(25)13-18;/h2-8,13,16,20H,9-12,14-15,26H2,1H3,(H,29,30);1H/t16-,20-,24+;/m0./s1. The van der Waals surface area contributed by atoms with E-state index in [1.54, 1.807) is 29.2 Å². The Morgan fingerprint density at radius 3 is 2.41 bits per heavy atom. The van der Waals surface area contributed by atoms with Gasteiger partial charge in [-0.3, -0.25) is 4.90 Å². The van der Waals surface area contributed by atoms with Crippen LogP contribution in [0.5, 0.6) is 0 Å². The molecule has 172 valence electrons. The highest BCUT2D eigenvalue weighted by molar-refractivity contribution is 6.30. The number of amides is 2. The molecule has 1 atom stereocenters. The number of hydrogen-bond donors (Lipinski definition) is 2. The molecule has 1 saturated carbocycles. The molecule has 0 spiro atoms. The second-order valence-corrected chi connectivity index (χ2v) is 9.17. The van der Waals surface area contributed by atoms with Crippen molar-refractivity contribution in [3.05, 3.63) is 64.7 Å². The summed E-state index contributed by atoms with van der Waals surface area (Å²) in [5.41, 5.74) is 8.26. The maximum atomic E-state index is 13.3. The topological polar surface area (TPSA) is 86.9 Å². The first-order valence-corrected chi connectivity index (χ1v) is 11.1. The highest BCUT2D eigenvalue weighted by Crippen LogP contribution is 2.42. The number of carbonyl (C=O) groups is 2. The predicted molar refractivity (Wildman–Crippen MR) is 129 cm³/mol. The number of nitrogens with zero attached hydrogens (tertiary/aromatic N) is 2. The van der Waals surface area contributed by atoms with E-state index in [0.29, 0.717) is 13.1 Å². The molecule has 3 N–H and O–H groups in total. The van der Waals surface area contributed by atoms with Crippen LogP contribution in [0.25, 0.3) is 0 Å². The van der Waals surface area contributed by atoms with Gasteiger partial charge in [-0.2, -0.15) is 0 Å². The fraction of sp³-hybridized carbons (Fsp3) is 0.417. The Bertz CT molecular complexity index is 975. The van der Waals surface area contributed by atoms with Crippen molar-refractivity contribution in [1.82, 2.24) is 4.90 Å². The van der Waals surface area contributed by atoms with Crippen molar-refractivity contribution >= 4 is 41.7 Å². The van der Waals surface area contributed by atoms with Crippen LogP contribution < -0.4 is 10.6 Å². The first-order chi connectivity index (χ1) is 14.8. The summed E-state index contributed by atoms with van der Waals surface area (Å²) in [6.07, 6.45) is 3.63. The van der Waals surface area contributed by atoms with E-state index in [2.05, 4.69) is 6.07 Å². The van der Waals surface area contributed by atoms with Crippen LogP contribution in [0.15, 0.2) is 48.5 Å². The third-order valence-electron chi connectivity index (χ3n) is 6.93. The minimum atomic E-state index is -0.973. The molecule has 1 saturated heterocycles. The Morgan fingerprint density at radius 2 is 1.84 bits per heavy atom. The molecule has 2 aromatic carbocycles. The zero-order chi connectivity index (χ0) is 22.2. The van der Waals surface area contributed by atoms with E-state index >= 15 is 0 Å². The van der Waals surface area contributed by atoms with Gasteiger partial charge in [-0.15, -0.1) is 12.4 Å². The summed E-state index contributed by atoms with van der Waals surface area (Å²) in [7, 11) is 0. The van der Waals surface area contributed by atoms with Gasteiger partial charge in [0, 0.05) is 35.3 Å². The molecule has 0 unspecified atom stereocenters. The lowest BCUT2D eigenvalue weighted by molar-refractivity contribution is 0.0697. The van der Waals surface area contributed by atoms with E-state index in [-0.39, 0.29) is 41.5 Å². The van der Waals surface area contributed by atoms with Crippen molar-refractivity contribution in [3.8, 4) is 0 Å². The van der Waals surface area contributed by atoms with E-state index in [1.165, 1.54) is 5.56 Å². The average molecular weight is 478 g/mol. The number of aromatic carboxylic acids is 1. The summed E-state index contributed by atoms with van der Waals surface area (Å²) >= 11 is 6.22. The summed E-state index contributed by atoms with van der Waals surface area (Å²) < 4.78 is 0. The van der Waals surface area contributed by atoms with E-state index in [0.717, 1.165) is 36.4 Å². The van der Waals surface area contributed by atoms with Crippen LogP contribution >= 0.6 is 24.0 Å². The molecule has 2 fully saturated rings. The van der Waals surface area contributed by atoms with E-state index in [4.69, 9.17) is 22.4 Å². The van der Waals surface area contributed by atoms with Crippen molar-refractivity contribution in [2.75, 3.05) is 18.0 Å². The van der Waals surface area contributed by atoms with E-state index in [1.807, 2.05) is 30.0 Å². The lowest BCUT2D eigenvalue weighted by Crippen LogP contribution is -2.46. The second-order valence-electron chi connectivity index (χ2n) is 8.73. The number of nitrogens with two attached hydrogens (primary N) is 1. The molecule has 0 bridgehead atoms. The second kappa shape index (κ2) is 9.69. The van der Waals surface area contributed by atoms with Gasteiger partial charge in [0.05, 0.1) is 11.6 Å². The van der Waals surface area contributed by atoms with E-state index < -0.39 is 5.97 Å². The SMILES string of the molecule is C[C@H]1CN([C@H]2CC[C@@](CN)(c3cccc(Cl)c3)CC2)C(=O)N1c1ccc(C(=O)O)cc1.Cl. The molecule has 1 heterocycles. The lowest BCUT2D eigenvalue weighted by Gasteiger charge is -2.42. The first-order valence-electron chi connectivity index (χ1n) is 10.7. The third kappa shape index (κ3) is 4.45. The van der Waals surface area contributed by atoms with Gasteiger partial charge in [-0.1, -0.05) is 23.7 Å². The van der Waals surface area contributed by atoms with Gasteiger partial charge in [0.1, 0.15) is 0 Å². The lowest BCUT2D eigenvalue weighted by atomic mass is 9.68. The molecule has 32 heavy (non-hydrogen) atoms. The monoisotopic (exact) mass is 477 g/mol. The van der Waals surface area contributed by atoms with Crippen LogP contribution in [-0.2, 0) is 5.41 Å². The Balaban J connectivity index is 0.00000289. The van der Waals surface area contributed by atoms with Gasteiger partial charge < -0.3 is 15.7 Å². The molecule has 2 aromatic rings. The number of anilines is 1. The van der Waals surface area contributed by atoms with Crippen LogP contribution in [-0.4, -0.2) is 47.2 Å². The zero-order valence-electron chi connectivity index (χ0n) is 18.0. The summed E-state index contributed by atoms with van der Waals surface area (Å²) in [4.78, 5) is 28.1. The van der Waals surface area contributed by atoms with Crippen LogP contribution in [0.3, 0.4) is 0 Å². The van der Waals surface area contributed by atoms with Crippen LogP contribution in [0, 0.1) is 0 Å². The molecule has 1 aliphatic heterocycles. The third-order valence-corrected chi connectivity index (χ3v) is 7.16. The van der Waals surface area contributed by atoms with Crippen molar-refractivity contribution < 1.29 is 14.7 Å². The van der Waals surface area contributed by atoms with Gasteiger partial charge in [0.2, 0.25) is 0 Å². The number of carboxylic acid groups (broad SMARTS) is 1. The Labute approximate surface area is 199 Å². The number of urea groups is 1. The van der Waals surface area contributed by atoms with Gasteiger partial charge in [0.15, 0.2) is 0 Å². The summed E-state index contributed by atoms with van der Waals surface area (Å²) in [5, 5.41) is 9.84. The van der Waals surface area contributed by atoms with Crippen molar-refractivity contribution in [3.63, 3.8) is 0 Å². The van der Waals surface area contributed by atoms with Crippen LogP contribution in [0.2, 0.25) is 5.02 Å². The number of halogens is 2. The smallest absolute Gasteiger partial charge is 0.335 e. The zero-order valence-corrected chi connectivity index (χ0v) is 19.6. The molecule has 1 aliphatic carbocycles. The van der Waals surface area contributed by atoms with Crippen LogP contribution in [0.1, 0.15) is 48.5 Å². The van der Waals surface area contributed by atoms with Crippen LogP contribution in [0.4, 0.5) is 10.5 Å². The first kappa shape index (κ1) is 24.4. The summed E-state index contributed by atoms with van der Waals surface area (Å²) in [6, 6.07) is 14.7. The number of benzene rings is 2. The number of rotatable bonds is 5. The average Bonchev–Trinajstić information content (AvgIpc) is 3.07. The minimum Gasteiger partial charge on any atom is -0.478 e. The van der Waals surface area contributed by atoms with Gasteiger partial charge in [0.25, 0.3) is 0 Å². The molecule has 6 nitrogen and oxygen atoms in total. The molecule has 4 rings (SSSR count). The molecular weight excluding hydrogens is 449 g/mol. The molecule has 2 aliphatic rings. The fourth-order valence-electron chi connectivity index (χ4n) is 5.10. The Kier molecular flexibility index (Phi) is 7.38. The fourth-order valence-corrected chi connectivity index (χ4v) is 5.29. The normalized spacial score (nSPS) is 25.5.